The molecule has 112 valence electrons. The normalized spacial score (nSPS) is 13.0. The van der Waals surface area contributed by atoms with Crippen LogP contribution in [-0.4, -0.2) is 23.5 Å². The first-order chi connectivity index (χ1) is 9.30. The number of carbonyl (C=O) groups is 1. The second-order valence-corrected chi connectivity index (χ2v) is 4.28. The zero-order valence-corrected chi connectivity index (χ0v) is 10.9. The molecule has 0 fully saturated rings. The van der Waals surface area contributed by atoms with Crippen molar-refractivity contribution in [3.8, 4) is 5.75 Å². The molecule has 4 nitrogen and oxygen atoms in total. The molecule has 0 spiro atoms. The molecule has 1 rings (SSSR count). The first-order valence-electron chi connectivity index (χ1n) is 6.10. The molecule has 1 aromatic rings. The standard InChI is InChI=1S/C13H16F3NO3/c1-2-10(7-12(18)19)17-8-9-3-5-11(6-4-9)20-13(14,15)16/h3-6,10,17H,2,7-8H2,1H3,(H,18,19). The van der Waals surface area contributed by atoms with Gasteiger partial charge in [-0.2, -0.15) is 0 Å². The predicted octanol–water partition coefficient (Wildman–Crippen LogP) is 2.93. The molecule has 20 heavy (non-hydrogen) atoms. The number of benzene rings is 1. The van der Waals surface area contributed by atoms with E-state index in [1.807, 2.05) is 6.92 Å². The number of carboxylic acids is 1. The van der Waals surface area contributed by atoms with Crippen molar-refractivity contribution in [2.75, 3.05) is 0 Å². The molecule has 0 aliphatic heterocycles. The van der Waals surface area contributed by atoms with Gasteiger partial charge in [-0.15, -0.1) is 13.2 Å². The number of carboxylic acid groups (broad SMARTS) is 1. The summed E-state index contributed by atoms with van der Waals surface area (Å²) in [4.78, 5) is 10.6. The molecule has 0 heterocycles. The quantitative estimate of drug-likeness (QED) is 0.811. The molecular weight excluding hydrogens is 275 g/mol. The van der Waals surface area contributed by atoms with Gasteiger partial charge in [0.05, 0.1) is 6.42 Å². The molecule has 0 saturated heterocycles. The van der Waals surface area contributed by atoms with Crippen LogP contribution in [0.1, 0.15) is 25.3 Å². The summed E-state index contributed by atoms with van der Waals surface area (Å²) in [6.45, 7) is 2.25. The highest BCUT2D eigenvalue weighted by molar-refractivity contribution is 5.67. The molecule has 0 saturated carbocycles. The van der Waals surface area contributed by atoms with E-state index in [1.165, 1.54) is 24.3 Å². The van der Waals surface area contributed by atoms with Crippen LogP contribution in [0.5, 0.6) is 5.75 Å². The van der Waals surface area contributed by atoms with E-state index in [0.717, 1.165) is 5.56 Å². The maximum atomic E-state index is 12.0. The van der Waals surface area contributed by atoms with Crippen molar-refractivity contribution in [3.05, 3.63) is 29.8 Å². The van der Waals surface area contributed by atoms with Gasteiger partial charge in [-0.1, -0.05) is 19.1 Å². The maximum Gasteiger partial charge on any atom is 0.573 e. The van der Waals surface area contributed by atoms with Gasteiger partial charge in [-0.05, 0) is 24.1 Å². The smallest absolute Gasteiger partial charge is 0.481 e. The van der Waals surface area contributed by atoms with Gasteiger partial charge in [0.2, 0.25) is 0 Å². The number of rotatable bonds is 7. The minimum atomic E-state index is -4.70. The minimum absolute atomic E-state index is 0.00572. The maximum absolute atomic E-state index is 12.0. The van der Waals surface area contributed by atoms with E-state index in [1.54, 1.807) is 0 Å². The summed E-state index contributed by atoms with van der Waals surface area (Å²) in [5.74, 6) is -1.17. The topological polar surface area (TPSA) is 58.6 Å². The van der Waals surface area contributed by atoms with Crippen LogP contribution in [0, 0.1) is 0 Å². The highest BCUT2D eigenvalue weighted by atomic mass is 19.4. The zero-order valence-electron chi connectivity index (χ0n) is 10.9. The summed E-state index contributed by atoms with van der Waals surface area (Å²) in [6.07, 6.45) is -4.04. The van der Waals surface area contributed by atoms with Gasteiger partial charge >= 0.3 is 12.3 Å². The fraction of sp³-hybridized carbons (Fsp3) is 0.462. The highest BCUT2D eigenvalue weighted by Crippen LogP contribution is 2.22. The molecule has 1 aromatic carbocycles. The van der Waals surface area contributed by atoms with E-state index < -0.39 is 12.3 Å². The average Bonchev–Trinajstić information content (AvgIpc) is 2.34. The van der Waals surface area contributed by atoms with Crippen molar-refractivity contribution in [3.63, 3.8) is 0 Å². The Labute approximate surface area is 114 Å². The largest absolute Gasteiger partial charge is 0.573 e. The lowest BCUT2D eigenvalue weighted by molar-refractivity contribution is -0.274. The third kappa shape index (κ3) is 6.42. The van der Waals surface area contributed by atoms with Gasteiger partial charge in [-0.25, -0.2) is 0 Å². The van der Waals surface area contributed by atoms with Crippen LogP contribution in [0.15, 0.2) is 24.3 Å². The van der Waals surface area contributed by atoms with Crippen LogP contribution >= 0.6 is 0 Å². The Balaban J connectivity index is 2.51. The van der Waals surface area contributed by atoms with Crippen molar-refractivity contribution in [2.24, 2.45) is 0 Å². The van der Waals surface area contributed by atoms with Crippen LogP contribution in [0.25, 0.3) is 0 Å². The summed E-state index contributed by atoms with van der Waals surface area (Å²) in [5, 5.41) is 11.7. The average molecular weight is 291 g/mol. The van der Waals surface area contributed by atoms with E-state index in [4.69, 9.17) is 5.11 Å². The van der Waals surface area contributed by atoms with Gasteiger partial charge in [0.1, 0.15) is 5.75 Å². The van der Waals surface area contributed by atoms with E-state index in [-0.39, 0.29) is 18.2 Å². The van der Waals surface area contributed by atoms with Crippen molar-refractivity contribution in [2.45, 2.75) is 38.7 Å². The first kappa shape index (κ1) is 16.3. The Morgan fingerprint density at radius 2 is 1.95 bits per heavy atom. The van der Waals surface area contributed by atoms with Crippen molar-refractivity contribution >= 4 is 5.97 Å². The second kappa shape index (κ2) is 7.14. The molecule has 0 bridgehead atoms. The fourth-order valence-electron chi connectivity index (χ4n) is 1.64. The van der Waals surface area contributed by atoms with Gasteiger partial charge in [0.25, 0.3) is 0 Å². The van der Waals surface area contributed by atoms with Crippen molar-refractivity contribution in [1.29, 1.82) is 0 Å². The summed E-state index contributed by atoms with van der Waals surface area (Å²) in [5.41, 5.74) is 0.753. The molecular formula is C13H16F3NO3. The minimum Gasteiger partial charge on any atom is -0.481 e. The lowest BCUT2D eigenvalue weighted by atomic mass is 10.1. The van der Waals surface area contributed by atoms with Crippen molar-refractivity contribution in [1.82, 2.24) is 5.32 Å². The Morgan fingerprint density at radius 1 is 1.35 bits per heavy atom. The molecule has 0 aromatic heterocycles. The number of hydrogen-bond acceptors (Lipinski definition) is 3. The number of halogens is 3. The highest BCUT2D eigenvalue weighted by Gasteiger charge is 2.30. The number of ether oxygens (including phenoxy) is 1. The summed E-state index contributed by atoms with van der Waals surface area (Å²) in [6, 6.07) is 5.28. The Kier molecular flexibility index (Phi) is 5.82. The number of aliphatic carboxylic acids is 1. The summed E-state index contributed by atoms with van der Waals surface area (Å²) < 4.78 is 39.7. The monoisotopic (exact) mass is 291 g/mol. The Hall–Kier alpha value is -1.76. The van der Waals surface area contributed by atoms with Gasteiger partial charge in [0, 0.05) is 12.6 Å². The van der Waals surface area contributed by atoms with Crippen LogP contribution in [0.4, 0.5) is 13.2 Å². The molecule has 0 radical (unpaired) electrons. The summed E-state index contributed by atoms with van der Waals surface area (Å²) >= 11 is 0. The summed E-state index contributed by atoms with van der Waals surface area (Å²) in [7, 11) is 0. The van der Waals surface area contributed by atoms with Crippen LogP contribution < -0.4 is 10.1 Å². The number of nitrogens with one attached hydrogen (secondary N) is 1. The van der Waals surface area contributed by atoms with Crippen LogP contribution in [-0.2, 0) is 11.3 Å². The SMILES string of the molecule is CCC(CC(=O)O)NCc1ccc(OC(F)(F)F)cc1. The predicted molar refractivity (Wildman–Crippen MR) is 66.3 cm³/mol. The molecule has 0 aliphatic rings. The van der Waals surface area contributed by atoms with E-state index >= 15 is 0 Å². The molecule has 1 atom stereocenters. The lowest BCUT2D eigenvalue weighted by Crippen LogP contribution is -2.30. The zero-order chi connectivity index (χ0) is 15.2. The van der Waals surface area contributed by atoms with Crippen LogP contribution in [0.2, 0.25) is 0 Å². The third-order valence-corrected chi connectivity index (χ3v) is 2.67. The fourth-order valence-corrected chi connectivity index (χ4v) is 1.64. The third-order valence-electron chi connectivity index (χ3n) is 2.67. The van der Waals surface area contributed by atoms with Gasteiger partial charge in [-0.3, -0.25) is 4.79 Å². The Bertz CT molecular complexity index is 431. The lowest BCUT2D eigenvalue weighted by Gasteiger charge is -2.15. The number of hydrogen-bond donors (Lipinski definition) is 2. The Morgan fingerprint density at radius 3 is 2.40 bits per heavy atom. The molecule has 7 heteroatoms. The molecule has 0 amide bonds. The number of alkyl halides is 3. The van der Waals surface area contributed by atoms with E-state index in [9.17, 15) is 18.0 Å². The molecule has 2 N–H and O–H groups in total. The van der Waals surface area contributed by atoms with E-state index in [0.29, 0.717) is 13.0 Å². The van der Waals surface area contributed by atoms with Gasteiger partial charge in [0.15, 0.2) is 0 Å². The second-order valence-electron chi connectivity index (χ2n) is 4.28. The molecule has 1 unspecified atom stereocenters. The van der Waals surface area contributed by atoms with Crippen LogP contribution in [0.3, 0.4) is 0 Å². The van der Waals surface area contributed by atoms with Crippen molar-refractivity contribution < 1.29 is 27.8 Å². The van der Waals surface area contributed by atoms with Gasteiger partial charge < -0.3 is 15.2 Å². The first-order valence-corrected chi connectivity index (χ1v) is 6.10. The van der Waals surface area contributed by atoms with E-state index in [2.05, 4.69) is 10.1 Å². The molecule has 0 aliphatic carbocycles.